The maximum atomic E-state index is 5.42. The van der Waals surface area contributed by atoms with Gasteiger partial charge in [-0.25, -0.2) is 4.98 Å². The zero-order valence-electron chi connectivity index (χ0n) is 6.54. The number of nitrogens with zero attached hydrogens (tertiary/aromatic N) is 2. The van der Waals surface area contributed by atoms with Crippen molar-refractivity contribution in [2.24, 2.45) is 0 Å². The summed E-state index contributed by atoms with van der Waals surface area (Å²) in [6.07, 6.45) is 5.86. The molecule has 3 nitrogen and oxygen atoms in total. The maximum Gasteiger partial charge on any atom is 0.141 e. The van der Waals surface area contributed by atoms with Gasteiger partial charge in [-0.15, -0.1) is 0 Å². The van der Waals surface area contributed by atoms with E-state index in [-0.39, 0.29) is 0 Å². The van der Waals surface area contributed by atoms with Crippen LogP contribution in [-0.2, 0) is 5.41 Å². The van der Waals surface area contributed by atoms with Crippen LogP contribution in [-0.4, -0.2) is 9.97 Å². The molecule has 2 N–H and O–H groups in total. The molecule has 1 aliphatic rings. The van der Waals surface area contributed by atoms with E-state index < -0.39 is 0 Å². The van der Waals surface area contributed by atoms with Crippen molar-refractivity contribution in [2.75, 3.05) is 5.73 Å². The molecule has 0 aliphatic heterocycles. The SMILES string of the molecule is CC1(c2cnc(N)cn2)CC1. The fourth-order valence-electron chi connectivity index (χ4n) is 1.09. The molecule has 0 spiro atoms. The molecular weight excluding hydrogens is 138 g/mol. The van der Waals surface area contributed by atoms with Gasteiger partial charge in [0, 0.05) is 5.41 Å². The largest absolute Gasteiger partial charge is 0.382 e. The highest BCUT2D eigenvalue weighted by Gasteiger charge is 2.40. The van der Waals surface area contributed by atoms with Gasteiger partial charge in [-0.1, -0.05) is 6.92 Å². The molecule has 1 aromatic rings. The molecule has 1 heterocycles. The average Bonchev–Trinajstić information content (AvgIpc) is 2.70. The lowest BCUT2D eigenvalue weighted by Gasteiger charge is -2.05. The van der Waals surface area contributed by atoms with Crippen LogP contribution in [0.4, 0.5) is 5.82 Å². The molecule has 1 saturated carbocycles. The molecule has 1 fully saturated rings. The van der Waals surface area contributed by atoms with Crippen molar-refractivity contribution in [3.8, 4) is 0 Å². The van der Waals surface area contributed by atoms with E-state index >= 15 is 0 Å². The van der Waals surface area contributed by atoms with Gasteiger partial charge < -0.3 is 5.73 Å². The summed E-state index contributed by atoms with van der Waals surface area (Å²) < 4.78 is 0. The summed E-state index contributed by atoms with van der Waals surface area (Å²) in [5, 5.41) is 0. The number of anilines is 1. The highest BCUT2D eigenvalue weighted by atomic mass is 14.9. The zero-order chi connectivity index (χ0) is 7.90. The summed E-state index contributed by atoms with van der Waals surface area (Å²) in [6, 6.07) is 0. The topological polar surface area (TPSA) is 51.8 Å². The third-order valence-electron chi connectivity index (χ3n) is 2.29. The first kappa shape index (κ1) is 6.58. The molecule has 0 bridgehead atoms. The first-order valence-corrected chi connectivity index (χ1v) is 3.79. The van der Waals surface area contributed by atoms with Crippen LogP contribution < -0.4 is 5.73 Å². The monoisotopic (exact) mass is 149 g/mol. The molecule has 0 saturated heterocycles. The van der Waals surface area contributed by atoms with Crippen LogP contribution in [0.3, 0.4) is 0 Å². The fraction of sp³-hybridized carbons (Fsp3) is 0.500. The Morgan fingerprint density at radius 1 is 1.36 bits per heavy atom. The van der Waals surface area contributed by atoms with Crippen molar-refractivity contribution in [2.45, 2.75) is 25.2 Å². The smallest absolute Gasteiger partial charge is 0.141 e. The van der Waals surface area contributed by atoms with E-state index in [1.807, 2.05) is 0 Å². The molecule has 2 rings (SSSR count). The van der Waals surface area contributed by atoms with Crippen molar-refractivity contribution in [3.05, 3.63) is 18.1 Å². The normalized spacial score (nSPS) is 19.7. The quantitative estimate of drug-likeness (QED) is 0.650. The van der Waals surface area contributed by atoms with Gasteiger partial charge in [0.2, 0.25) is 0 Å². The van der Waals surface area contributed by atoms with Gasteiger partial charge in [0.25, 0.3) is 0 Å². The fourth-order valence-corrected chi connectivity index (χ4v) is 1.09. The van der Waals surface area contributed by atoms with Gasteiger partial charge >= 0.3 is 0 Å². The standard InChI is InChI=1S/C8H11N3/c1-8(2-3-8)6-4-11-7(9)5-10-6/h4-5H,2-3H2,1H3,(H2,9,11). The van der Waals surface area contributed by atoms with Crippen LogP contribution >= 0.6 is 0 Å². The lowest BCUT2D eigenvalue weighted by molar-refractivity contribution is 0.743. The van der Waals surface area contributed by atoms with E-state index in [0.29, 0.717) is 11.2 Å². The Labute approximate surface area is 65.7 Å². The van der Waals surface area contributed by atoms with Crippen LogP contribution in [0.1, 0.15) is 25.5 Å². The molecule has 0 atom stereocenters. The van der Waals surface area contributed by atoms with E-state index in [2.05, 4.69) is 16.9 Å². The molecule has 0 radical (unpaired) electrons. The van der Waals surface area contributed by atoms with Crippen LogP contribution in [0.25, 0.3) is 0 Å². The minimum atomic E-state index is 0.306. The number of nitrogens with two attached hydrogens (primary N) is 1. The van der Waals surface area contributed by atoms with Crippen LogP contribution in [0.2, 0.25) is 0 Å². The molecule has 3 heteroatoms. The lowest BCUT2D eigenvalue weighted by Crippen LogP contribution is -2.04. The maximum absolute atomic E-state index is 5.42. The average molecular weight is 149 g/mol. The number of aromatic nitrogens is 2. The molecular formula is C8H11N3. The van der Waals surface area contributed by atoms with Gasteiger partial charge in [-0.05, 0) is 12.8 Å². The summed E-state index contributed by atoms with van der Waals surface area (Å²) in [7, 11) is 0. The van der Waals surface area contributed by atoms with E-state index in [4.69, 9.17) is 5.73 Å². The second-order valence-electron chi connectivity index (χ2n) is 3.39. The molecule has 1 aromatic heterocycles. The van der Waals surface area contributed by atoms with Gasteiger partial charge in [0.1, 0.15) is 5.82 Å². The third-order valence-corrected chi connectivity index (χ3v) is 2.29. The number of hydrogen-bond acceptors (Lipinski definition) is 3. The summed E-state index contributed by atoms with van der Waals surface area (Å²) in [6.45, 7) is 2.20. The minimum absolute atomic E-state index is 0.306. The second kappa shape index (κ2) is 1.94. The van der Waals surface area contributed by atoms with E-state index in [1.54, 1.807) is 12.4 Å². The highest BCUT2D eigenvalue weighted by molar-refractivity contribution is 5.27. The zero-order valence-corrected chi connectivity index (χ0v) is 6.54. The van der Waals surface area contributed by atoms with Crippen molar-refractivity contribution in [3.63, 3.8) is 0 Å². The predicted octanol–water partition coefficient (Wildman–Crippen LogP) is 1.11. The molecule has 0 unspecified atom stereocenters. The molecule has 1 aliphatic carbocycles. The Kier molecular flexibility index (Phi) is 1.16. The Bertz CT molecular complexity index is 261. The highest BCUT2D eigenvalue weighted by Crippen LogP contribution is 2.46. The van der Waals surface area contributed by atoms with Crippen LogP contribution in [0.5, 0.6) is 0 Å². The van der Waals surface area contributed by atoms with Crippen molar-refractivity contribution in [1.29, 1.82) is 0 Å². The summed E-state index contributed by atoms with van der Waals surface area (Å²) in [5.41, 5.74) is 6.80. The van der Waals surface area contributed by atoms with Gasteiger partial charge in [0.15, 0.2) is 0 Å². The number of hydrogen-bond donors (Lipinski definition) is 1. The van der Waals surface area contributed by atoms with Gasteiger partial charge in [-0.2, -0.15) is 0 Å². The first-order valence-electron chi connectivity index (χ1n) is 3.79. The van der Waals surface area contributed by atoms with Crippen LogP contribution in [0.15, 0.2) is 12.4 Å². The summed E-state index contributed by atoms with van der Waals surface area (Å²) in [4.78, 5) is 8.23. The van der Waals surface area contributed by atoms with Gasteiger partial charge in [-0.3, -0.25) is 4.98 Å². The minimum Gasteiger partial charge on any atom is -0.382 e. The van der Waals surface area contributed by atoms with Crippen molar-refractivity contribution >= 4 is 5.82 Å². The Hall–Kier alpha value is -1.12. The summed E-state index contributed by atoms with van der Waals surface area (Å²) >= 11 is 0. The Morgan fingerprint density at radius 2 is 2.09 bits per heavy atom. The Balaban J connectivity index is 2.33. The van der Waals surface area contributed by atoms with Gasteiger partial charge in [0.05, 0.1) is 18.1 Å². The molecule has 0 aromatic carbocycles. The summed E-state index contributed by atoms with van der Waals surface area (Å²) in [5.74, 6) is 0.498. The first-order chi connectivity index (χ1) is 5.21. The van der Waals surface area contributed by atoms with E-state index in [9.17, 15) is 0 Å². The van der Waals surface area contributed by atoms with E-state index in [0.717, 1.165) is 5.69 Å². The van der Waals surface area contributed by atoms with Crippen LogP contribution in [0, 0.1) is 0 Å². The second-order valence-corrected chi connectivity index (χ2v) is 3.39. The predicted molar refractivity (Wildman–Crippen MR) is 43.0 cm³/mol. The lowest BCUT2D eigenvalue weighted by atomic mass is 10.1. The van der Waals surface area contributed by atoms with Crippen molar-refractivity contribution < 1.29 is 0 Å². The van der Waals surface area contributed by atoms with E-state index in [1.165, 1.54) is 12.8 Å². The Morgan fingerprint density at radius 3 is 2.55 bits per heavy atom. The number of nitrogen functional groups attached to an aromatic ring is 1. The van der Waals surface area contributed by atoms with Crippen molar-refractivity contribution in [1.82, 2.24) is 9.97 Å². The molecule has 0 amide bonds. The third kappa shape index (κ3) is 1.06. The molecule has 11 heavy (non-hydrogen) atoms. The number of rotatable bonds is 1. The molecule has 58 valence electrons.